The molecule has 0 unspecified atom stereocenters. The zero-order chi connectivity index (χ0) is 63.8. The van der Waals surface area contributed by atoms with Crippen molar-refractivity contribution in [3.8, 4) is 22.3 Å². The summed E-state index contributed by atoms with van der Waals surface area (Å²) < 4.78 is 23.1. The van der Waals surface area contributed by atoms with E-state index in [1.54, 1.807) is 54.8 Å². The molecule has 2 aliphatic rings. The quantitative estimate of drug-likeness (QED) is 0.00886. The van der Waals surface area contributed by atoms with Crippen LogP contribution in [0.1, 0.15) is 92.4 Å². The molecule has 2 heterocycles. The van der Waals surface area contributed by atoms with E-state index in [2.05, 4.69) is 21.3 Å². The number of carbonyl (C=O) groups is 7. The Hall–Kier alpha value is -4.50. The monoisotopic (exact) mass is 1320 g/mol. The molecule has 28 heteroatoms. The van der Waals surface area contributed by atoms with Crippen LogP contribution < -0.4 is 85.5 Å². The van der Waals surface area contributed by atoms with Crippen molar-refractivity contribution in [2.24, 2.45) is 0 Å². The van der Waals surface area contributed by atoms with Crippen molar-refractivity contribution in [3.63, 3.8) is 0 Å². The summed E-state index contributed by atoms with van der Waals surface area (Å²) in [5.74, 6) is -7.28. The molecule has 486 valence electrons. The number of rotatable bonds is 36. The van der Waals surface area contributed by atoms with Crippen LogP contribution in [0.3, 0.4) is 0 Å². The third-order valence-electron chi connectivity index (χ3n) is 14.7. The number of carbonyl (C=O) groups excluding carboxylic acids is 8. The molecule has 4 aromatic rings. The maximum Gasteiger partial charge on any atom is 1.00 e. The number of carboxylic acid groups (broad SMARTS) is 1. The summed E-state index contributed by atoms with van der Waals surface area (Å²) >= 11 is 2.95. The van der Waals surface area contributed by atoms with E-state index in [0.29, 0.717) is 47.8 Å². The molecule has 0 aromatic heterocycles. The topological polar surface area (TPSA) is 396 Å². The Morgan fingerprint density at radius 3 is 1.37 bits per heavy atom. The van der Waals surface area contributed by atoms with Crippen molar-refractivity contribution in [2.45, 2.75) is 144 Å². The van der Waals surface area contributed by atoms with Crippen LogP contribution in [0.15, 0.2) is 109 Å². The van der Waals surface area contributed by atoms with Crippen LogP contribution in [0.5, 0.6) is 0 Å². The van der Waals surface area contributed by atoms with Crippen molar-refractivity contribution >= 4 is 71.0 Å². The van der Waals surface area contributed by atoms with E-state index in [1.165, 1.54) is 30.4 Å². The van der Waals surface area contributed by atoms with E-state index in [1.807, 2.05) is 60.7 Å². The number of aliphatic hydroxyl groups is 6. The van der Waals surface area contributed by atoms with Crippen molar-refractivity contribution in [2.75, 3.05) is 49.3 Å². The zero-order valence-electron chi connectivity index (χ0n) is 51.4. The van der Waals surface area contributed by atoms with Crippen molar-refractivity contribution in [3.05, 3.63) is 120 Å². The number of ether oxygens (including phenoxy) is 4. The summed E-state index contributed by atoms with van der Waals surface area (Å²) in [5, 5.41) is 89.3. The Labute approximate surface area is 581 Å². The van der Waals surface area contributed by atoms with Crippen LogP contribution in [-0.2, 0) is 47.7 Å². The number of ketones is 2. The van der Waals surface area contributed by atoms with Gasteiger partial charge in [0.15, 0.2) is 0 Å². The van der Waals surface area contributed by atoms with E-state index in [4.69, 9.17) is 18.9 Å². The Bertz CT molecular complexity index is 2930. The maximum atomic E-state index is 13.0. The smallest absolute Gasteiger partial charge is 0.870 e. The van der Waals surface area contributed by atoms with Gasteiger partial charge in [-0.05, 0) is 95.2 Å². The van der Waals surface area contributed by atoms with Gasteiger partial charge in [0.05, 0.1) is 55.3 Å². The molecule has 12 atom stereocenters. The van der Waals surface area contributed by atoms with Crippen LogP contribution in [0, 0.1) is 0 Å². The van der Waals surface area contributed by atoms with Gasteiger partial charge in [0, 0.05) is 70.4 Å². The molecule has 0 aliphatic carbocycles. The first-order chi connectivity index (χ1) is 42.1. The molecule has 2 saturated heterocycles. The maximum absolute atomic E-state index is 13.0. The van der Waals surface area contributed by atoms with Gasteiger partial charge in [0.2, 0.25) is 17.6 Å². The number of hydrogen-bond donors (Lipinski definition) is 10. The SMILES string of the molecule is CC(=O)N[C@H]1[C@H]([C@H](O)[C@H](O)CNC(=O)c2ccc(-c3ccccc3)cc2)O[C@]([C-]=O)(OCCCSCCCC(=O)CC(=O)CCCSCCCO[C@]2(C(=O)[O-])C[C@H](O)[C@@H](NC(C)=O)[C@H]([C@H](O)[C@H](O)CNC(=O)c3ccc(-c4ccccc4)cc3)O2)C[C@@H]1O.[Na+].[Na+].[OH-]. The molecule has 0 saturated carbocycles. The van der Waals surface area contributed by atoms with Crippen LogP contribution in [0.2, 0.25) is 0 Å². The molecular formula is C63H79N4Na2O20S2-. The van der Waals surface area contributed by atoms with Gasteiger partial charge in [-0.2, -0.15) is 23.5 Å². The first kappa shape index (κ1) is 80.7. The number of Topliss-reactive ketones (excluding diaryl/α,β-unsaturated/α-hetero) is 2. The number of hydrogen-bond acceptors (Lipinski definition) is 22. The number of benzene rings is 4. The Kier molecular flexibility index (Phi) is 36.1. The Morgan fingerprint density at radius 2 is 0.967 bits per heavy atom. The van der Waals surface area contributed by atoms with Gasteiger partial charge >= 0.3 is 59.1 Å². The average molecular weight is 1320 g/mol. The summed E-state index contributed by atoms with van der Waals surface area (Å²) in [4.78, 5) is 100. The zero-order valence-corrected chi connectivity index (χ0v) is 57.1. The van der Waals surface area contributed by atoms with Gasteiger partial charge in [-0.15, -0.1) is 0 Å². The summed E-state index contributed by atoms with van der Waals surface area (Å²) in [5.41, 5.74) is 4.22. The van der Waals surface area contributed by atoms with E-state index in [0.717, 1.165) is 29.2 Å². The van der Waals surface area contributed by atoms with Crippen LogP contribution >= 0.6 is 23.5 Å². The molecule has 0 spiro atoms. The average Bonchev–Trinajstić information content (AvgIpc) is 0.821. The number of carboxylic acids is 1. The summed E-state index contributed by atoms with van der Waals surface area (Å²) in [6, 6.07) is 29.8. The molecule has 24 nitrogen and oxygen atoms in total. The molecular weight excluding hydrogens is 1240 g/mol. The first-order valence-electron chi connectivity index (χ1n) is 29.1. The third-order valence-corrected chi connectivity index (χ3v) is 17.0. The van der Waals surface area contributed by atoms with E-state index < -0.39 is 128 Å². The molecule has 91 heavy (non-hydrogen) atoms. The van der Waals surface area contributed by atoms with Gasteiger partial charge in [0.1, 0.15) is 42.0 Å². The van der Waals surface area contributed by atoms with Crippen LogP contribution in [0.4, 0.5) is 0 Å². The molecule has 4 amide bonds. The van der Waals surface area contributed by atoms with Crippen molar-refractivity contribution in [1.29, 1.82) is 0 Å². The predicted molar refractivity (Wildman–Crippen MR) is 326 cm³/mol. The van der Waals surface area contributed by atoms with Crippen molar-refractivity contribution in [1.82, 2.24) is 21.3 Å². The number of aliphatic hydroxyl groups excluding tert-OH is 6. The fourth-order valence-corrected chi connectivity index (χ4v) is 11.8. The first-order valence-corrected chi connectivity index (χ1v) is 31.4. The van der Waals surface area contributed by atoms with Crippen molar-refractivity contribution < 1.29 is 158 Å². The molecule has 0 bridgehead atoms. The number of thioether (sulfide) groups is 2. The standard InChI is InChI=1S/C63H79N4O19S2.2Na.H2O/c1-39(69)66-53-49(73)34-62(38-68,85-57(53)55(77)51(75)36-64-59(79)45-23-19-43(20-24-45)41-13-5-3-6-14-41)83-27-11-31-87-29-9-17-47(71)33-48(72)18-10-30-88-32-12-28-84-63(61(81)82)35-50(74)54(67-40(2)70)58(86-63)56(78)52(76)37-65-60(80)46-25-21-44(22-26-46)42-15-7-4-8-16-42;;;/h3-8,13-16,19-26,49-58,73-78H,9-12,17-18,27-37H2,1-2H3,(H,64,79)(H,65,80)(H,66,69)(H,67,70)(H,81,82);;;1H2/q-1;2*+1;/p-2/t49-,50-,51+,52+,53+,54+,55+,56+,57+,58+,62+,63+;;;/m0.../s1. The van der Waals surface area contributed by atoms with E-state index in [-0.39, 0.29) is 121 Å². The van der Waals surface area contributed by atoms with Gasteiger partial charge < -0.3 is 91.0 Å². The minimum absolute atomic E-state index is 0. The number of amides is 4. The Morgan fingerprint density at radius 1 is 0.582 bits per heavy atom. The Balaban J connectivity index is 0.00000721. The second-order valence-electron chi connectivity index (χ2n) is 21.6. The second-order valence-corrected chi connectivity index (χ2v) is 24.0. The van der Waals surface area contributed by atoms with Gasteiger partial charge in [-0.1, -0.05) is 84.9 Å². The summed E-state index contributed by atoms with van der Waals surface area (Å²) in [6.45, 7) is 1.10. The molecule has 2 aliphatic heterocycles. The van der Waals surface area contributed by atoms with E-state index >= 15 is 0 Å². The van der Waals surface area contributed by atoms with Gasteiger partial charge in [-0.3, -0.25) is 28.8 Å². The fourth-order valence-electron chi connectivity index (χ4n) is 10.1. The third kappa shape index (κ3) is 25.0. The molecule has 6 rings (SSSR count). The van der Waals surface area contributed by atoms with Gasteiger partial charge in [0.25, 0.3) is 11.8 Å². The largest absolute Gasteiger partial charge is 1.00 e. The summed E-state index contributed by atoms with van der Waals surface area (Å²) in [7, 11) is 0. The van der Waals surface area contributed by atoms with Crippen LogP contribution in [0.25, 0.3) is 22.3 Å². The number of aliphatic carboxylic acids is 1. The van der Waals surface area contributed by atoms with E-state index in [9.17, 15) is 74.1 Å². The van der Waals surface area contributed by atoms with Gasteiger partial charge in [-0.25, -0.2) is 6.29 Å². The van der Waals surface area contributed by atoms with Crippen LogP contribution in [-0.4, -0.2) is 205 Å². The molecule has 4 aromatic carbocycles. The number of nitrogens with one attached hydrogen (secondary N) is 4. The predicted octanol–water partition coefficient (Wildman–Crippen LogP) is -4.62. The minimum Gasteiger partial charge on any atom is -0.870 e. The second kappa shape index (κ2) is 40.7. The molecule has 0 radical (unpaired) electrons. The molecule has 2 fully saturated rings. The summed E-state index contributed by atoms with van der Waals surface area (Å²) in [6.07, 6.45) is -11.3. The minimum atomic E-state index is -2.59. The normalized spacial score (nSPS) is 22.3. The molecule has 11 N–H and O–H groups in total. The fraction of sp³-hybridized carbons (Fsp3) is 0.492.